The Morgan fingerprint density at radius 2 is 1.77 bits per heavy atom. The van der Waals surface area contributed by atoms with E-state index in [1.54, 1.807) is 44.2 Å². The molecule has 0 saturated carbocycles. The van der Waals surface area contributed by atoms with Crippen molar-refractivity contribution in [3.63, 3.8) is 0 Å². The number of ketones is 1. The van der Waals surface area contributed by atoms with Crippen LogP contribution in [0.4, 0.5) is 9.18 Å². The van der Waals surface area contributed by atoms with Gasteiger partial charge in [0.1, 0.15) is 24.8 Å². The van der Waals surface area contributed by atoms with Crippen LogP contribution in [0.3, 0.4) is 0 Å². The monoisotopic (exact) mass is 932 g/mol. The van der Waals surface area contributed by atoms with E-state index in [-0.39, 0.29) is 29.3 Å². The highest BCUT2D eigenvalue weighted by Crippen LogP contribution is 2.44. The number of hydrogen-bond donors (Lipinski definition) is 1. The number of aromatic nitrogens is 3. The number of fused-ring (bicyclic) bond motifs is 1. The maximum absolute atomic E-state index is 14.5. The number of aliphatic hydroxyl groups is 1. The molecule has 14 atom stereocenters. The van der Waals surface area contributed by atoms with E-state index in [0.29, 0.717) is 51.0 Å². The third-order valence-corrected chi connectivity index (χ3v) is 15.5. The van der Waals surface area contributed by atoms with Crippen LogP contribution in [-0.4, -0.2) is 163 Å². The standard InChI is InChI=1S/C46H69FN6O11S/c1-12-36-46(8)40-28(4)37(48-18-20-52(40)44(57)64-46)26(2)23-45(7,60-10)41(29(5)38(54)30(6)42(56)62-36)63-43-39(55)35(21-27(3)61-43)51(9)19-17-32-25-53(50-49-32)33(24-47)22-31-13-15-34(16-14-31)65(11,58)59/h13-16,25-30,33,35-36,39-41,43,55H,12,17-24H2,1-11H3/t26-,27-,28+,29+,30-,33+,35+,36-,39-,40+,41-,43+,45-,46-/m1/s1. The zero-order valence-corrected chi connectivity index (χ0v) is 40.5. The highest BCUT2D eigenvalue weighted by atomic mass is 32.2. The number of aliphatic hydroxyl groups excluding tert-OH is 1. The predicted octanol–water partition coefficient (Wildman–Crippen LogP) is 4.44. The van der Waals surface area contributed by atoms with Crippen molar-refractivity contribution in [2.45, 2.75) is 152 Å². The molecule has 0 spiro atoms. The topological polar surface area (TPSA) is 201 Å². The summed E-state index contributed by atoms with van der Waals surface area (Å²) >= 11 is 0. The number of alkyl halides is 1. The van der Waals surface area contributed by atoms with E-state index in [2.05, 4.69) is 10.3 Å². The van der Waals surface area contributed by atoms with Crippen molar-refractivity contribution in [1.29, 1.82) is 0 Å². The van der Waals surface area contributed by atoms with Crippen molar-refractivity contribution in [3.8, 4) is 0 Å². The number of hydrogen-bond acceptors (Lipinski definition) is 15. The van der Waals surface area contributed by atoms with Gasteiger partial charge >= 0.3 is 12.1 Å². The molecule has 1 N–H and O–H groups in total. The van der Waals surface area contributed by atoms with Gasteiger partial charge < -0.3 is 33.7 Å². The molecule has 19 heteroatoms. The van der Waals surface area contributed by atoms with Gasteiger partial charge in [-0.1, -0.05) is 45.0 Å². The number of cyclic esters (lactones) is 1. The van der Waals surface area contributed by atoms with Crippen LogP contribution in [0.5, 0.6) is 0 Å². The highest BCUT2D eigenvalue weighted by molar-refractivity contribution is 7.90. The Labute approximate surface area is 382 Å². The van der Waals surface area contributed by atoms with Crippen LogP contribution in [0.25, 0.3) is 0 Å². The van der Waals surface area contributed by atoms with Gasteiger partial charge in [-0.2, -0.15) is 0 Å². The molecule has 0 unspecified atom stereocenters. The second-order valence-corrected chi connectivity index (χ2v) is 21.2. The van der Waals surface area contributed by atoms with Crippen molar-refractivity contribution in [1.82, 2.24) is 24.8 Å². The first-order valence-electron chi connectivity index (χ1n) is 22.8. The summed E-state index contributed by atoms with van der Waals surface area (Å²) in [7, 11) is 0.0751. The molecular formula is C46H69FN6O11S. The lowest BCUT2D eigenvalue weighted by atomic mass is 9.73. The Kier molecular flexibility index (Phi) is 15.7. The van der Waals surface area contributed by atoms with E-state index >= 15 is 0 Å². The number of aliphatic imine (C=N–C) groups is 1. The van der Waals surface area contributed by atoms with E-state index in [0.717, 1.165) is 17.5 Å². The average molecular weight is 933 g/mol. The fourth-order valence-corrected chi connectivity index (χ4v) is 11.3. The maximum Gasteiger partial charge on any atom is 0.410 e. The summed E-state index contributed by atoms with van der Waals surface area (Å²) in [6.45, 7) is 15.1. The molecule has 17 nitrogen and oxygen atoms in total. The van der Waals surface area contributed by atoms with E-state index in [9.17, 15) is 32.3 Å². The van der Waals surface area contributed by atoms with Gasteiger partial charge in [0.15, 0.2) is 27.5 Å². The number of ether oxygens (including phenoxy) is 5. The zero-order chi connectivity index (χ0) is 47.8. The number of likely N-dealkylation sites (N-methyl/N-ethyl adjacent to an activating group) is 1. The van der Waals surface area contributed by atoms with E-state index in [4.69, 9.17) is 28.7 Å². The van der Waals surface area contributed by atoms with Gasteiger partial charge in [-0.15, -0.1) is 5.10 Å². The van der Waals surface area contributed by atoms with Crippen LogP contribution in [-0.2, 0) is 56.0 Å². The number of benzene rings is 1. The number of carbonyl (C=O) groups is 3. The summed E-state index contributed by atoms with van der Waals surface area (Å²) in [5.41, 5.74) is -0.152. The number of sulfone groups is 1. The molecule has 1 aromatic heterocycles. The molecule has 6 rings (SSSR count). The van der Waals surface area contributed by atoms with Gasteiger partial charge in [0.2, 0.25) is 0 Å². The summed E-state index contributed by atoms with van der Waals surface area (Å²) in [5.74, 6) is -3.86. The first-order chi connectivity index (χ1) is 30.6. The van der Waals surface area contributed by atoms with Gasteiger partial charge in [0, 0.05) is 62.7 Å². The Hall–Kier alpha value is -3.88. The average Bonchev–Trinajstić information content (AvgIpc) is 3.78. The molecule has 362 valence electrons. The van der Waals surface area contributed by atoms with Gasteiger partial charge in [-0.05, 0) is 84.0 Å². The molecule has 0 aliphatic carbocycles. The molecule has 1 amide bonds. The number of nitrogens with zero attached hydrogens (tertiary/aromatic N) is 6. The number of halogens is 1. The molecule has 3 fully saturated rings. The van der Waals surface area contributed by atoms with Crippen LogP contribution in [0.2, 0.25) is 0 Å². The predicted molar refractivity (Wildman–Crippen MR) is 238 cm³/mol. The normalized spacial score (nSPS) is 35.5. The molecule has 4 aliphatic rings. The quantitative estimate of drug-likeness (QED) is 0.218. The van der Waals surface area contributed by atoms with Gasteiger partial charge in [0.05, 0.1) is 47.0 Å². The van der Waals surface area contributed by atoms with Gasteiger partial charge in [-0.25, -0.2) is 22.3 Å². The van der Waals surface area contributed by atoms with Crippen LogP contribution >= 0.6 is 0 Å². The second kappa shape index (κ2) is 20.1. The Morgan fingerprint density at radius 1 is 1.08 bits per heavy atom. The Morgan fingerprint density at radius 3 is 2.40 bits per heavy atom. The third-order valence-electron chi connectivity index (χ3n) is 14.4. The lowest BCUT2D eigenvalue weighted by molar-refractivity contribution is -0.295. The van der Waals surface area contributed by atoms with Crippen LogP contribution in [0.1, 0.15) is 92.0 Å². The summed E-state index contributed by atoms with van der Waals surface area (Å²) in [6, 6.07) is 4.77. The van der Waals surface area contributed by atoms with Crippen LogP contribution in [0.15, 0.2) is 40.4 Å². The first kappa shape index (κ1) is 50.5. The molecule has 1 aromatic carbocycles. The fourth-order valence-electron chi connectivity index (χ4n) is 10.7. The van der Waals surface area contributed by atoms with E-state index < -0.39 is 100 Å². The number of amides is 1. The van der Waals surface area contributed by atoms with Gasteiger partial charge in [-0.3, -0.25) is 19.5 Å². The summed E-state index contributed by atoms with van der Waals surface area (Å²) in [5, 5.41) is 20.6. The molecule has 2 bridgehead atoms. The summed E-state index contributed by atoms with van der Waals surface area (Å²) in [6.07, 6.45) is -0.367. The fraction of sp³-hybridized carbons (Fsp3) is 0.739. The van der Waals surface area contributed by atoms with E-state index in [1.807, 2.05) is 46.6 Å². The molecule has 0 radical (unpaired) electrons. The highest BCUT2D eigenvalue weighted by Gasteiger charge is 2.60. The lowest BCUT2D eigenvalue weighted by Crippen LogP contribution is -2.60. The molecule has 2 aromatic rings. The molecular weight excluding hydrogens is 864 g/mol. The molecule has 4 aliphatic heterocycles. The number of carbonyl (C=O) groups excluding carboxylic acids is 3. The van der Waals surface area contributed by atoms with Crippen molar-refractivity contribution < 1.29 is 56.0 Å². The minimum atomic E-state index is -3.36. The summed E-state index contributed by atoms with van der Waals surface area (Å²) in [4.78, 5) is 50.7. The maximum atomic E-state index is 14.5. The van der Waals surface area contributed by atoms with Crippen molar-refractivity contribution in [2.24, 2.45) is 28.7 Å². The Balaban J connectivity index is 1.21. The van der Waals surface area contributed by atoms with Crippen LogP contribution in [0, 0.1) is 23.7 Å². The minimum Gasteiger partial charge on any atom is -0.458 e. The first-order valence-corrected chi connectivity index (χ1v) is 24.7. The molecule has 3 saturated heterocycles. The van der Waals surface area contributed by atoms with Gasteiger partial charge in [0.25, 0.3) is 0 Å². The smallest absolute Gasteiger partial charge is 0.410 e. The Bertz CT molecular complexity index is 2160. The summed E-state index contributed by atoms with van der Waals surface area (Å²) < 4.78 is 71.2. The second-order valence-electron chi connectivity index (χ2n) is 19.2. The van der Waals surface area contributed by atoms with E-state index in [1.165, 1.54) is 23.7 Å². The van der Waals surface area contributed by atoms with Crippen molar-refractivity contribution in [3.05, 3.63) is 41.7 Å². The van der Waals surface area contributed by atoms with Crippen molar-refractivity contribution in [2.75, 3.05) is 46.7 Å². The lowest BCUT2D eigenvalue weighted by Gasteiger charge is -2.47. The third kappa shape index (κ3) is 10.5. The molecule has 65 heavy (non-hydrogen) atoms. The zero-order valence-electron chi connectivity index (χ0n) is 39.7. The minimum absolute atomic E-state index is 0.190. The number of rotatable bonds is 13. The van der Waals surface area contributed by atoms with Crippen LogP contribution < -0.4 is 0 Å². The SMILES string of the molecule is CC[C@H]1OC(=O)[C@H](C)C(=O)[C@H](C)[C@@H](O[C@@H]2O[C@H](C)C[C@H](N(C)CCc3cn([C@H](CF)Cc4ccc(S(C)(=O)=O)cc4)nn3)[C@H]2O)[C@](C)(OC)C[C@@H](C)C2=NCCN3C(=O)O[C@@]1(C)[C@@H]3[C@H]2C. The number of Topliss-reactive ketones (excluding diaryl/α,β-unsaturated/α-hetero) is 1. The largest absolute Gasteiger partial charge is 0.458 e. The molecule has 5 heterocycles. The number of esters is 1. The number of methoxy groups -OCH3 is 1. The van der Waals surface area contributed by atoms with Crippen molar-refractivity contribution >= 4 is 33.4 Å².